The molecule has 1 aliphatic heterocycles. The molecule has 4 heteroatoms. The van der Waals surface area contributed by atoms with Gasteiger partial charge in [0, 0.05) is 34.3 Å². The summed E-state index contributed by atoms with van der Waals surface area (Å²) >= 11 is 2.26. The summed E-state index contributed by atoms with van der Waals surface area (Å²) in [7, 11) is 0. The van der Waals surface area contributed by atoms with Gasteiger partial charge < -0.3 is 5.32 Å². The van der Waals surface area contributed by atoms with Gasteiger partial charge in [0.15, 0.2) is 0 Å². The number of halogens is 1. The van der Waals surface area contributed by atoms with Crippen LogP contribution in [0.2, 0.25) is 0 Å². The Balaban J connectivity index is 1.52. The second-order valence-electron chi connectivity index (χ2n) is 6.25. The van der Waals surface area contributed by atoms with Gasteiger partial charge in [-0.05, 0) is 66.1 Å². The minimum absolute atomic E-state index is 0.0712. The summed E-state index contributed by atoms with van der Waals surface area (Å²) in [5.74, 6) is 0.0712. The summed E-state index contributed by atoms with van der Waals surface area (Å²) in [6.45, 7) is 2.17. The highest BCUT2D eigenvalue weighted by molar-refractivity contribution is 14.1. The molecule has 2 aliphatic rings. The third-order valence-electron chi connectivity index (χ3n) is 4.75. The quantitative estimate of drug-likeness (QED) is 0.792. The van der Waals surface area contributed by atoms with Crippen molar-refractivity contribution < 1.29 is 4.79 Å². The number of amides is 1. The number of hydrogen-bond acceptors (Lipinski definition) is 2. The summed E-state index contributed by atoms with van der Waals surface area (Å²) in [5, 5.41) is 3.20. The Labute approximate surface area is 140 Å². The zero-order valence-corrected chi connectivity index (χ0v) is 14.5. The highest BCUT2D eigenvalue weighted by Gasteiger charge is 2.29. The van der Waals surface area contributed by atoms with Crippen LogP contribution in [0.25, 0.3) is 0 Å². The zero-order chi connectivity index (χ0) is 14.7. The summed E-state index contributed by atoms with van der Waals surface area (Å²) < 4.78 is 1.16. The molecule has 1 aliphatic carbocycles. The van der Waals surface area contributed by atoms with E-state index in [4.69, 9.17) is 0 Å². The van der Waals surface area contributed by atoms with Crippen molar-refractivity contribution in [3.63, 3.8) is 0 Å². The maximum absolute atomic E-state index is 12.3. The molecule has 0 radical (unpaired) electrons. The second-order valence-corrected chi connectivity index (χ2v) is 7.50. The lowest BCUT2D eigenvalue weighted by Gasteiger charge is -2.31. The average molecular weight is 398 g/mol. The van der Waals surface area contributed by atoms with E-state index in [0.717, 1.165) is 34.7 Å². The smallest absolute Gasteiger partial charge is 0.251 e. The van der Waals surface area contributed by atoms with E-state index in [0.29, 0.717) is 6.04 Å². The summed E-state index contributed by atoms with van der Waals surface area (Å²) in [6, 6.07) is 8.87. The Kier molecular flexibility index (Phi) is 5.16. The van der Waals surface area contributed by atoms with Crippen LogP contribution < -0.4 is 5.32 Å². The number of benzene rings is 1. The number of rotatable bonds is 3. The lowest BCUT2D eigenvalue weighted by atomic mass is 9.94. The van der Waals surface area contributed by atoms with Crippen LogP contribution >= 0.6 is 22.6 Å². The molecule has 1 aromatic carbocycles. The lowest BCUT2D eigenvalue weighted by Crippen LogP contribution is -2.40. The van der Waals surface area contributed by atoms with Crippen LogP contribution in [0.3, 0.4) is 0 Å². The molecule has 0 spiro atoms. The van der Waals surface area contributed by atoms with Crippen LogP contribution in [-0.4, -0.2) is 36.0 Å². The largest absolute Gasteiger partial charge is 0.348 e. The van der Waals surface area contributed by atoms with Gasteiger partial charge in [0.2, 0.25) is 0 Å². The summed E-state index contributed by atoms with van der Waals surface area (Å²) in [6.07, 6.45) is 7.93. The molecular formula is C17H23IN2O. The first kappa shape index (κ1) is 15.3. The van der Waals surface area contributed by atoms with Gasteiger partial charge >= 0.3 is 0 Å². The molecular weight excluding hydrogens is 375 g/mol. The highest BCUT2D eigenvalue weighted by atomic mass is 127. The SMILES string of the molecule is O=C(NC1CCN(C2CCCCC2)C1)c1ccc(I)cc1. The van der Waals surface area contributed by atoms with Gasteiger partial charge in [-0.3, -0.25) is 9.69 Å². The first-order chi connectivity index (χ1) is 10.2. The van der Waals surface area contributed by atoms with E-state index >= 15 is 0 Å². The van der Waals surface area contributed by atoms with Crippen molar-refractivity contribution in [2.45, 2.75) is 50.6 Å². The Bertz CT molecular complexity index is 482. The van der Waals surface area contributed by atoms with E-state index in [9.17, 15) is 4.79 Å². The monoisotopic (exact) mass is 398 g/mol. The van der Waals surface area contributed by atoms with Gasteiger partial charge in [0.25, 0.3) is 5.91 Å². The van der Waals surface area contributed by atoms with Crippen molar-refractivity contribution in [1.82, 2.24) is 10.2 Å². The molecule has 1 unspecified atom stereocenters. The number of nitrogens with one attached hydrogen (secondary N) is 1. The topological polar surface area (TPSA) is 32.3 Å². The van der Waals surface area contributed by atoms with Crippen LogP contribution in [0.5, 0.6) is 0 Å². The number of nitrogens with zero attached hydrogens (tertiary/aromatic N) is 1. The molecule has 1 atom stereocenters. The molecule has 1 saturated carbocycles. The van der Waals surface area contributed by atoms with E-state index in [1.54, 1.807) is 0 Å². The van der Waals surface area contributed by atoms with Crippen LogP contribution in [-0.2, 0) is 0 Å². The minimum Gasteiger partial charge on any atom is -0.348 e. The molecule has 21 heavy (non-hydrogen) atoms. The van der Waals surface area contributed by atoms with Crippen LogP contribution in [0.4, 0.5) is 0 Å². The Morgan fingerprint density at radius 2 is 1.81 bits per heavy atom. The van der Waals surface area contributed by atoms with E-state index < -0.39 is 0 Å². The van der Waals surface area contributed by atoms with Crippen molar-refractivity contribution in [1.29, 1.82) is 0 Å². The molecule has 1 amide bonds. The van der Waals surface area contributed by atoms with Gasteiger partial charge in [-0.1, -0.05) is 19.3 Å². The fourth-order valence-corrected chi connectivity index (χ4v) is 3.91. The fraction of sp³-hybridized carbons (Fsp3) is 0.588. The Hall–Kier alpha value is -0.620. The first-order valence-corrected chi connectivity index (χ1v) is 9.11. The molecule has 0 bridgehead atoms. The van der Waals surface area contributed by atoms with Gasteiger partial charge in [-0.25, -0.2) is 0 Å². The van der Waals surface area contributed by atoms with Crippen molar-refractivity contribution >= 4 is 28.5 Å². The highest BCUT2D eigenvalue weighted by Crippen LogP contribution is 2.25. The second kappa shape index (κ2) is 7.09. The van der Waals surface area contributed by atoms with E-state index in [1.165, 1.54) is 32.1 Å². The Morgan fingerprint density at radius 3 is 2.52 bits per heavy atom. The minimum atomic E-state index is 0.0712. The van der Waals surface area contributed by atoms with E-state index in [1.807, 2.05) is 24.3 Å². The van der Waals surface area contributed by atoms with Gasteiger partial charge in [0.05, 0.1) is 0 Å². The fourth-order valence-electron chi connectivity index (χ4n) is 3.55. The normalized spacial score (nSPS) is 24.1. The molecule has 1 saturated heterocycles. The van der Waals surface area contributed by atoms with Crippen LogP contribution in [0, 0.1) is 3.57 Å². The van der Waals surface area contributed by atoms with Crippen molar-refractivity contribution in [2.24, 2.45) is 0 Å². The van der Waals surface area contributed by atoms with Gasteiger partial charge in [-0.2, -0.15) is 0 Å². The zero-order valence-electron chi connectivity index (χ0n) is 12.4. The van der Waals surface area contributed by atoms with Gasteiger partial charge in [0.1, 0.15) is 0 Å². The maximum Gasteiger partial charge on any atom is 0.251 e. The predicted octanol–water partition coefficient (Wildman–Crippen LogP) is 3.43. The maximum atomic E-state index is 12.3. The molecule has 1 heterocycles. The summed E-state index contributed by atoms with van der Waals surface area (Å²) in [5.41, 5.74) is 0.770. The van der Waals surface area contributed by atoms with Crippen LogP contribution in [0.1, 0.15) is 48.9 Å². The first-order valence-electron chi connectivity index (χ1n) is 8.03. The number of carbonyl (C=O) groups is 1. The Morgan fingerprint density at radius 1 is 1.10 bits per heavy atom. The van der Waals surface area contributed by atoms with Crippen molar-refractivity contribution in [3.8, 4) is 0 Å². The standard InChI is InChI=1S/C17H23IN2O/c18-14-8-6-13(7-9-14)17(21)19-15-10-11-20(12-15)16-4-2-1-3-5-16/h6-9,15-16H,1-5,10-12H2,(H,19,21). The van der Waals surface area contributed by atoms with Gasteiger partial charge in [-0.15, -0.1) is 0 Å². The third kappa shape index (κ3) is 3.97. The number of hydrogen-bond donors (Lipinski definition) is 1. The third-order valence-corrected chi connectivity index (χ3v) is 5.47. The number of likely N-dealkylation sites (tertiary alicyclic amines) is 1. The molecule has 114 valence electrons. The van der Waals surface area contributed by atoms with Crippen molar-refractivity contribution in [2.75, 3.05) is 13.1 Å². The molecule has 3 rings (SSSR count). The number of carbonyl (C=O) groups excluding carboxylic acids is 1. The molecule has 1 aromatic rings. The van der Waals surface area contributed by atoms with E-state index in [2.05, 4.69) is 32.8 Å². The summed E-state index contributed by atoms with van der Waals surface area (Å²) in [4.78, 5) is 14.9. The lowest BCUT2D eigenvalue weighted by molar-refractivity contribution is 0.0934. The predicted molar refractivity (Wildman–Crippen MR) is 93.5 cm³/mol. The molecule has 2 fully saturated rings. The average Bonchev–Trinajstić information content (AvgIpc) is 2.97. The van der Waals surface area contributed by atoms with E-state index in [-0.39, 0.29) is 5.91 Å². The molecule has 1 N–H and O–H groups in total. The molecule has 0 aromatic heterocycles. The molecule has 3 nitrogen and oxygen atoms in total. The van der Waals surface area contributed by atoms with Crippen molar-refractivity contribution in [3.05, 3.63) is 33.4 Å². The van der Waals surface area contributed by atoms with Crippen LogP contribution in [0.15, 0.2) is 24.3 Å².